The number of aryl methyl sites for hydroxylation is 2. The molecule has 1 aliphatic heterocycles. The predicted octanol–water partition coefficient (Wildman–Crippen LogP) is 3.14. The number of guanidine groups is 1. The molecule has 0 unspecified atom stereocenters. The lowest BCUT2D eigenvalue weighted by molar-refractivity contribution is 0.132. The van der Waals surface area contributed by atoms with Crippen molar-refractivity contribution in [3.63, 3.8) is 0 Å². The summed E-state index contributed by atoms with van der Waals surface area (Å²) in [4.78, 5) is 8.87. The van der Waals surface area contributed by atoms with Gasteiger partial charge in [0.2, 0.25) is 5.89 Å². The van der Waals surface area contributed by atoms with E-state index in [1.165, 1.54) is 5.56 Å². The van der Waals surface area contributed by atoms with Crippen LogP contribution in [0.2, 0.25) is 0 Å². The van der Waals surface area contributed by atoms with Gasteiger partial charge in [-0.15, -0.1) is 0 Å². The highest BCUT2D eigenvalue weighted by Crippen LogP contribution is 2.41. The molecule has 0 atom stereocenters. The van der Waals surface area contributed by atoms with E-state index >= 15 is 0 Å². The van der Waals surface area contributed by atoms with Crippen molar-refractivity contribution < 1.29 is 13.9 Å². The second-order valence-electron chi connectivity index (χ2n) is 7.50. The molecule has 2 aromatic rings. The molecule has 28 heavy (non-hydrogen) atoms. The third-order valence-electron chi connectivity index (χ3n) is 4.50. The lowest BCUT2D eigenvalue weighted by Crippen LogP contribution is -2.39. The largest absolute Gasteiger partial charge is 0.488 e. The van der Waals surface area contributed by atoms with Gasteiger partial charge in [0.05, 0.1) is 12.2 Å². The van der Waals surface area contributed by atoms with Crippen molar-refractivity contribution >= 4 is 5.96 Å². The fourth-order valence-electron chi connectivity index (χ4n) is 3.13. The average Bonchev–Trinajstić information content (AvgIpc) is 3.13. The zero-order chi connectivity index (χ0) is 20.1. The highest BCUT2D eigenvalue weighted by atomic mass is 16.5. The fraction of sp³-hybridized carbons (Fsp3) is 0.524. The Balaban J connectivity index is 1.52. The number of hydrogen-bond acceptors (Lipinski definition) is 5. The topological polar surface area (TPSA) is 80.9 Å². The molecular weight excluding hydrogens is 356 g/mol. The van der Waals surface area contributed by atoms with Crippen LogP contribution in [0.5, 0.6) is 11.5 Å². The van der Waals surface area contributed by atoms with Crippen LogP contribution in [0.25, 0.3) is 0 Å². The molecule has 7 heteroatoms. The van der Waals surface area contributed by atoms with E-state index in [2.05, 4.69) is 40.5 Å². The maximum absolute atomic E-state index is 6.04. The van der Waals surface area contributed by atoms with Gasteiger partial charge in [0.25, 0.3) is 0 Å². The number of ether oxygens (including phenoxy) is 2. The minimum Gasteiger partial charge on any atom is -0.488 e. The first-order valence-corrected chi connectivity index (χ1v) is 9.77. The standard InChI is InChI=1S/C21H30N4O3/c1-6-22-20(24-13-18-25-14(2)15(3)27-18)23-10-11-26-17-9-7-8-16-12-21(4,5)28-19(16)17/h7-9H,6,10-13H2,1-5H3,(H2,22,23,24). The molecule has 0 aliphatic carbocycles. The predicted molar refractivity (Wildman–Crippen MR) is 109 cm³/mol. The number of benzene rings is 1. The zero-order valence-electron chi connectivity index (χ0n) is 17.4. The zero-order valence-corrected chi connectivity index (χ0v) is 17.4. The van der Waals surface area contributed by atoms with Gasteiger partial charge in [0, 0.05) is 18.5 Å². The molecule has 1 aliphatic rings. The maximum atomic E-state index is 6.04. The lowest BCUT2D eigenvalue weighted by atomic mass is 10.0. The summed E-state index contributed by atoms with van der Waals surface area (Å²) in [6.07, 6.45) is 0.898. The van der Waals surface area contributed by atoms with Crippen molar-refractivity contribution in [3.8, 4) is 11.5 Å². The number of aliphatic imine (C=N–C) groups is 1. The molecule has 0 saturated heterocycles. The van der Waals surface area contributed by atoms with Crippen LogP contribution >= 0.6 is 0 Å². The van der Waals surface area contributed by atoms with Crippen molar-refractivity contribution in [2.24, 2.45) is 4.99 Å². The van der Waals surface area contributed by atoms with Gasteiger partial charge >= 0.3 is 0 Å². The first-order chi connectivity index (χ1) is 13.4. The molecule has 3 rings (SSSR count). The Morgan fingerprint density at radius 1 is 1.29 bits per heavy atom. The van der Waals surface area contributed by atoms with Crippen molar-refractivity contribution in [2.45, 2.75) is 53.2 Å². The number of aromatic nitrogens is 1. The van der Waals surface area contributed by atoms with Crippen LogP contribution in [-0.4, -0.2) is 36.2 Å². The number of hydrogen-bond donors (Lipinski definition) is 2. The van der Waals surface area contributed by atoms with E-state index in [0.29, 0.717) is 31.5 Å². The lowest BCUT2D eigenvalue weighted by Gasteiger charge is -2.18. The molecule has 152 valence electrons. The summed E-state index contributed by atoms with van der Waals surface area (Å²) in [5.41, 5.74) is 1.92. The van der Waals surface area contributed by atoms with E-state index in [0.717, 1.165) is 35.9 Å². The maximum Gasteiger partial charge on any atom is 0.216 e. The molecule has 1 aromatic heterocycles. The average molecular weight is 386 g/mol. The van der Waals surface area contributed by atoms with Crippen LogP contribution in [0.4, 0.5) is 0 Å². The second kappa shape index (κ2) is 8.54. The Kier molecular flexibility index (Phi) is 6.11. The van der Waals surface area contributed by atoms with Crippen LogP contribution in [0.1, 0.15) is 43.7 Å². The van der Waals surface area contributed by atoms with Crippen molar-refractivity contribution in [3.05, 3.63) is 41.1 Å². The molecular formula is C21H30N4O3. The Bertz CT molecular complexity index is 823. The first kappa shape index (κ1) is 20.0. The highest BCUT2D eigenvalue weighted by molar-refractivity contribution is 5.79. The Labute approximate surface area is 166 Å². The summed E-state index contributed by atoms with van der Waals surface area (Å²) in [6.45, 7) is 12.3. The molecule has 0 spiro atoms. The Hall–Kier alpha value is -2.70. The van der Waals surface area contributed by atoms with Crippen molar-refractivity contribution in [1.29, 1.82) is 0 Å². The van der Waals surface area contributed by atoms with E-state index in [9.17, 15) is 0 Å². The third kappa shape index (κ3) is 4.97. The van der Waals surface area contributed by atoms with E-state index in [1.807, 2.05) is 32.9 Å². The summed E-state index contributed by atoms with van der Waals surface area (Å²) in [6, 6.07) is 6.06. The van der Waals surface area contributed by atoms with Crippen LogP contribution in [0.3, 0.4) is 0 Å². The van der Waals surface area contributed by atoms with Crippen LogP contribution < -0.4 is 20.1 Å². The van der Waals surface area contributed by atoms with E-state index in [4.69, 9.17) is 13.9 Å². The molecule has 0 radical (unpaired) electrons. The van der Waals surface area contributed by atoms with Crippen molar-refractivity contribution in [2.75, 3.05) is 19.7 Å². The van der Waals surface area contributed by atoms with Crippen molar-refractivity contribution in [1.82, 2.24) is 15.6 Å². The van der Waals surface area contributed by atoms with E-state index < -0.39 is 0 Å². The molecule has 0 saturated carbocycles. The first-order valence-electron chi connectivity index (χ1n) is 9.77. The molecule has 7 nitrogen and oxygen atoms in total. The van der Waals surface area contributed by atoms with Gasteiger partial charge in [-0.05, 0) is 40.7 Å². The van der Waals surface area contributed by atoms with E-state index in [1.54, 1.807) is 0 Å². The Morgan fingerprint density at radius 2 is 2.11 bits per heavy atom. The SMILES string of the molecule is CCNC(=NCc1nc(C)c(C)o1)NCCOc1cccc2c1OC(C)(C)C2. The fourth-order valence-corrected chi connectivity index (χ4v) is 3.13. The summed E-state index contributed by atoms with van der Waals surface area (Å²) < 4.78 is 17.6. The third-order valence-corrected chi connectivity index (χ3v) is 4.50. The van der Waals surface area contributed by atoms with Gasteiger partial charge in [-0.25, -0.2) is 9.98 Å². The number of nitrogens with one attached hydrogen (secondary N) is 2. The smallest absolute Gasteiger partial charge is 0.216 e. The van der Waals surface area contributed by atoms with E-state index in [-0.39, 0.29) is 5.60 Å². The van der Waals surface area contributed by atoms with Crippen LogP contribution in [-0.2, 0) is 13.0 Å². The van der Waals surface area contributed by atoms with Crippen LogP contribution in [0.15, 0.2) is 27.6 Å². The quantitative estimate of drug-likeness (QED) is 0.432. The number of rotatable bonds is 7. The highest BCUT2D eigenvalue weighted by Gasteiger charge is 2.32. The normalized spacial score (nSPS) is 15.1. The summed E-state index contributed by atoms with van der Waals surface area (Å²) in [7, 11) is 0. The number of nitrogens with zero attached hydrogens (tertiary/aromatic N) is 2. The van der Waals surface area contributed by atoms with Gasteiger partial charge in [-0.2, -0.15) is 0 Å². The molecule has 0 amide bonds. The van der Waals surface area contributed by atoms with Gasteiger partial charge in [0.15, 0.2) is 17.5 Å². The van der Waals surface area contributed by atoms with Gasteiger partial charge in [-0.3, -0.25) is 0 Å². The second-order valence-corrected chi connectivity index (χ2v) is 7.50. The molecule has 2 heterocycles. The number of fused-ring (bicyclic) bond motifs is 1. The summed E-state index contributed by atoms with van der Waals surface area (Å²) in [5, 5.41) is 6.48. The van der Waals surface area contributed by atoms with Gasteiger partial charge in [-0.1, -0.05) is 12.1 Å². The van der Waals surface area contributed by atoms with Gasteiger partial charge < -0.3 is 24.5 Å². The number of para-hydroxylation sites is 1. The molecule has 1 aromatic carbocycles. The molecule has 0 bridgehead atoms. The Morgan fingerprint density at radius 3 is 2.82 bits per heavy atom. The number of oxazole rings is 1. The van der Waals surface area contributed by atoms with Crippen LogP contribution in [0, 0.1) is 13.8 Å². The minimum atomic E-state index is -0.179. The minimum absolute atomic E-state index is 0.179. The van der Waals surface area contributed by atoms with Gasteiger partial charge in [0.1, 0.15) is 24.5 Å². The molecule has 2 N–H and O–H groups in total. The monoisotopic (exact) mass is 386 g/mol. The summed E-state index contributed by atoms with van der Waals surface area (Å²) >= 11 is 0. The summed E-state index contributed by atoms with van der Waals surface area (Å²) in [5.74, 6) is 3.80. The molecule has 0 fully saturated rings.